The van der Waals surface area contributed by atoms with Crippen LogP contribution in [0.2, 0.25) is 0 Å². The van der Waals surface area contributed by atoms with Gasteiger partial charge in [0.2, 0.25) is 11.8 Å². The second-order valence-electron chi connectivity index (χ2n) is 5.80. The largest absolute Gasteiger partial charge is 0.497 e. The van der Waals surface area contributed by atoms with Crippen LogP contribution < -0.4 is 9.47 Å². The predicted octanol–water partition coefficient (Wildman–Crippen LogP) is 5.03. The molecule has 0 amide bonds. The van der Waals surface area contributed by atoms with Crippen LogP contribution in [0.15, 0.2) is 48.5 Å². The Morgan fingerprint density at radius 3 is 1.32 bits per heavy atom. The third-order valence-electron chi connectivity index (χ3n) is 4.11. The molecule has 0 fully saturated rings. The standard InChI is InChI=1S/C20H16N2O4S2/c1-25-13-7-3-11(4-8-13)15-17(23)21-19(27-15)20-22-18(24)16(28-20)12-5-9-14(26-2)10-6-12/h3-10,23-24H,1-2H3. The minimum absolute atomic E-state index is 0.0640. The van der Waals surface area contributed by atoms with Crippen molar-refractivity contribution in [1.29, 1.82) is 0 Å². The van der Waals surface area contributed by atoms with E-state index in [1.165, 1.54) is 22.7 Å². The predicted molar refractivity (Wildman–Crippen MR) is 111 cm³/mol. The highest BCUT2D eigenvalue weighted by molar-refractivity contribution is 7.25. The molecule has 0 aliphatic rings. The first-order chi connectivity index (χ1) is 13.6. The molecule has 0 saturated carbocycles. The SMILES string of the molecule is COc1ccc(-c2sc(-c3nc(O)c(-c4ccc(OC)cc4)s3)nc2O)cc1. The van der Waals surface area contributed by atoms with Gasteiger partial charge in [-0.3, -0.25) is 0 Å². The number of ether oxygens (including phenoxy) is 2. The van der Waals surface area contributed by atoms with Crippen molar-refractivity contribution >= 4 is 22.7 Å². The molecule has 0 bridgehead atoms. The number of nitrogens with zero attached hydrogens (tertiary/aromatic N) is 2. The summed E-state index contributed by atoms with van der Waals surface area (Å²) in [6.45, 7) is 0. The third-order valence-corrected chi connectivity index (χ3v) is 6.44. The molecule has 4 aromatic rings. The van der Waals surface area contributed by atoms with Crippen LogP contribution in [0, 0.1) is 0 Å². The highest BCUT2D eigenvalue weighted by Gasteiger charge is 2.19. The van der Waals surface area contributed by atoms with E-state index in [9.17, 15) is 10.2 Å². The number of methoxy groups -OCH3 is 2. The van der Waals surface area contributed by atoms with E-state index < -0.39 is 0 Å². The zero-order chi connectivity index (χ0) is 19.7. The van der Waals surface area contributed by atoms with E-state index in [1.807, 2.05) is 48.5 Å². The Kier molecular flexibility index (Phi) is 4.89. The van der Waals surface area contributed by atoms with E-state index in [1.54, 1.807) is 14.2 Å². The molecular formula is C20H16N2O4S2. The fourth-order valence-electron chi connectivity index (χ4n) is 2.67. The zero-order valence-corrected chi connectivity index (χ0v) is 16.7. The zero-order valence-electron chi connectivity index (χ0n) is 15.0. The first-order valence-electron chi connectivity index (χ1n) is 8.28. The Bertz CT molecular complexity index is 1010. The van der Waals surface area contributed by atoms with Crippen LogP contribution in [0.5, 0.6) is 23.3 Å². The maximum absolute atomic E-state index is 10.3. The summed E-state index contributed by atoms with van der Waals surface area (Å²) in [6.07, 6.45) is 0. The summed E-state index contributed by atoms with van der Waals surface area (Å²) < 4.78 is 10.3. The quantitative estimate of drug-likeness (QED) is 0.478. The molecule has 8 heteroatoms. The van der Waals surface area contributed by atoms with Crippen molar-refractivity contribution < 1.29 is 19.7 Å². The minimum Gasteiger partial charge on any atom is -0.497 e. The number of aromatic nitrogens is 2. The molecule has 6 nitrogen and oxygen atoms in total. The Morgan fingerprint density at radius 1 is 0.643 bits per heavy atom. The number of aromatic hydroxyl groups is 2. The molecule has 0 atom stereocenters. The summed E-state index contributed by atoms with van der Waals surface area (Å²) >= 11 is 2.63. The van der Waals surface area contributed by atoms with E-state index in [4.69, 9.17) is 9.47 Å². The monoisotopic (exact) mass is 412 g/mol. The van der Waals surface area contributed by atoms with Crippen LogP contribution in [-0.4, -0.2) is 34.4 Å². The Labute approximate surface area is 169 Å². The highest BCUT2D eigenvalue weighted by Crippen LogP contribution is 2.44. The fraction of sp³-hybridized carbons (Fsp3) is 0.100. The summed E-state index contributed by atoms with van der Waals surface area (Å²) in [5.74, 6) is 1.35. The van der Waals surface area contributed by atoms with Crippen molar-refractivity contribution in [2.75, 3.05) is 14.2 Å². The molecular weight excluding hydrogens is 396 g/mol. The van der Waals surface area contributed by atoms with E-state index >= 15 is 0 Å². The average Bonchev–Trinajstić information content (AvgIpc) is 3.31. The van der Waals surface area contributed by atoms with Gasteiger partial charge in [0.05, 0.1) is 24.0 Å². The number of hydrogen-bond acceptors (Lipinski definition) is 8. The lowest BCUT2D eigenvalue weighted by atomic mass is 10.2. The minimum atomic E-state index is -0.0640. The second kappa shape index (κ2) is 7.49. The molecule has 0 radical (unpaired) electrons. The van der Waals surface area contributed by atoms with Crippen molar-refractivity contribution in [3.63, 3.8) is 0 Å². The van der Waals surface area contributed by atoms with Gasteiger partial charge in [0.1, 0.15) is 11.5 Å². The molecule has 2 aromatic heterocycles. The van der Waals surface area contributed by atoms with Gasteiger partial charge in [0.25, 0.3) is 0 Å². The fourth-order valence-corrected chi connectivity index (χ4v) is 4.62. The van der Waals surface area contributed by atoms with Crippen molar-refractivity contribution in [1.82, 2.24) is 9.97 Å². The van der Waals surface area contributed by atoms with Crippen molar-refractivity contribution in [3.8, 4) is 54.2 Å². The summed E-state index contributed by atoms with van der Waals surface area (Å²) in [6, 6.07) is 14.7. The summed E-state index contributed by atoms with van der Waals surface area (Å²) in [7, 11) is 3.21. The molecule has 0 spiro atoms. The lowest BCUT2D eigenvalue weighted by Gasteiger charge is -2.01. The van der Waals surface area contributed by atoms with Gasteiger partial charge < -0.3 is 19.7 Å². The molecule has 28 heavy (non-hydrogen) atoms. The van der Waals surface area contributed by atoms with E-state index in [0.717, 1.165) is 22.6 Å². The first kappa shape index (κ1) is 18.3. The van der Waals surface area contributed by atoms with Crippen LogP contribution in [0.25, 0.3) is 30.9 Å². The number of rotatable bonds is 5. The van der Waals surface area contributed by atoms with Gasteiger partial charge in [-0.15, -0.1) is 22.7 Å². The smallest absolute Gasteiger partial charge is 0.230 e. The van der Waals surface area contributed by atoms with Gasteiger partial charge >= 0.3 is 0 Å². The number of thiazole rings is 2. The van der Waals surface area contributed by atoms with Crippen LogP contribution in [0.1, 0.15) is 0 Å². The molecule has 0 saturated heterocycles. The van der Waals surface area contributed by atoms with Crippen LogP contribution >= 0.6 is 22.7 Å². The molecule has 0 unspecified atom stereocenters. The van der Waals surface area contributed by atoms with Crippen molar-refractivity contribution in [2.45, 2.75) is 0 Å². The summed E-state index contributed by atoms with van der Waals surface area (Å²) in [4.78, 5) is 9.74. The second-order valence-corrected chi connectivity index (χ2v) is 7.80. The lowest BCUT2D eigenvalue weighted by molar-refractivity contribution is 0.414. The normalized spacial score (nSPS) is 10.8. The summed E-state index contributed by atoms with van der Waals surface area (Å²) in [5, 5.41) is 21.7. The average molecular weight is 412 g/mol. The van der Waals surface area contributed by atoms with E-state index in [2.05, 4.69) is 9.97 Å². The lowest BCUT2D eigenvalue weighted by Crippen LogP contribution is -1.81. The Hall–Kier alpha value is -3.10. The first-order valence-corrected chi connectivity index (χ1v) is 9.91. The molecule has 2 heterocycles. The van der Waals surface area contributed by atoms with Gasteiger partial charge in [-0.25, -0.2) is 0 Å². The molecule has 0 aliphatic carbocycles. The van der Waals surface area contributed by atoms with Crippen LogP contribution in [0.4, 0.5) is 0 Å². The van der Waals surface area contributed by atoms with Gasteiger partial charge in [0, 0.05) is 0 Å². The molecule has 0 aliphatic heterocycles. The van der Waals surface area contributed by atoms with Gasteiger partial charge in [-0.1, -0.05) is 0 Å². The summed E-state index contributed by atoms with van der Waals surface area (Å²) in [5.41, 5.74) is 1.66. The van der Waals surface area contributed by atoms with Crippen LogP contribution in [0.3, 0.4) is 0 Å². The van der Waals surface area contributed by atoms with Crippen molar-refractivity contribution in [3.05, 3.63) is 48.5 Å². The van der Waals surface area contributed by atoms with Gasteiger partial charge in [-0.2, -0.15) is 9.97 Å². The Balaban J connectivity index is 1.68. The number of hydrogen-bond donors (Lipinski definition) is 2. The molecule has 142 valence electrons. The van der Waals surface area contributed by atoms with Gasteiger partial charge in [-0.05, 0) is 59.7 Å². The number of benzene rings is 2. The highest BCUT2D eigenvalue weighted by atomic mass is 32.1. The molecule has 2 aromatic carbocycles. The molecule has 4 rings (SSSR count). The van der Waals surface area contributed by atoms with E-state index in [-0.39, 0.29) is 11.8 Å². The van der Waals surface area contributed by atoms with Crippen molar-refractivity contribution in [2.24, 2.45) is 0 Å². The van der Waals surface area contributed by atoms with E-state index in [0.29, 0.717) is 19.8 Å². The maximum atomic E-state index is 10.3. The Morgan fingerprint density at radius 2 is 1.00 bits per heavy atom. The third kappa shape index (κ3) is 3.39. The van der Waals surface area contributed by atoms with Gasteiger partial charge in [0.15, 0.2) is 10.0 Å². The molecule has 2 N–H and O–H groups in total. The topological polar surface area (TPSA) is 84.7 Å². The maximum Gasteiger partial charge on any atom is 0.230 e. The van der Waals surface area contributed by atoms with Crippen LogP contribution in [-0.2, 0) is 0 Å².